The number of hydrogen-bond donors (Lipinski definition) is 1. The molecule has 6 heteroatoms. The van der Waals surface area contributed by atoms with Gasteiger partial charge in [-0.15, -0.1) is 11.8 Å². The Morgan fingerprint density at radius 2 is 2.11 bits per heavy atom. The van der Waals surface area contributed by atoms with E-state index in [-0.39, 0.29) is 0 Å². The van der Waals surface area contributed by atoms with Crippen LogP contribution in [0.3, 0.4) is 0 Å². The zero-order valence-electron chi connectivity index (χ0n) is 11.1. The smallest absolute Gasteiger partial charge is 0.313 e. The van der Waals surface area contributed by atoms with Crippen molar-refractivity contribution in [2.75, 3.05) is 12.3 Å². The first-order valence-corrected chi connectivity index (χ1v) is 7.31. The van der Waals surface area contributed by atoms with Crippen molar-refractivity contribution in [2.45, 2.75) is 43.9 Å². The van der Waals surface area contributed by atoms with Gasteiger partial charge in [-0.1, -0.05) is 13.3 Å². The Balaban J connectivity index is 2.31. The predicted molar refractivity (Wildman–Crippen MR) is 72.3 cm³/mol. The van der Waals surface area contributed by atoms with Crippen molar-refractivity contribution in [2.24, 2.45) is 0 Å². The summed E-state index contributed by atoms with van der Waals surface area (Å²) in [6.45, 7) is 5.10. The molecule has 0 radical (unpaired) electrons. The summed E-state index contributed by atoms with van der Waals surface area (Å²) in [7, 11) is 0. The van der Waals surface area contributed by atoms with E-state index in [0.29, 0.717) is 11.1 Å². The first kappa shape index (κ1) is 16.3. The fourth-order valence-corrected chi connectivity index (χ4v) is 2.35. The van der Waals surface area contributed by atoms with Crippen molar-refractivity contribution in [1.29, 1.82) is 0 Å². The van der Waals surface area contributed by atoms with Crippen LogP contribution in [0.15, 0.2) is 23.4 Å². The molecule has 0 aliphatic carbocycles. The number of halogens is 3. The van der Waals surface area contributed by atoms with Crippen LogP contribution < -0.4 is 5.32 Å². The molecule has 0 aliphatic rings. The van der Waals surface area contributed by atoms with Crippen LogP contribution in [0.25, 0.3) is 0 Å². The molecular formula is C13H19F3N2S. The molecule has 1 heterocycles. The molecule has 0 bridgehead atoms. The van der Waals surface area contributed by atoms with E-state index in [9.17, 15) is 13.2 Å². The standard InChI is InChI=1S/C13H19F3N2S/c1-3-4-10(2)17-7-8-19-12-6-5-11(9-18-12)13(14,15)16/h5-6,9-10,17H,3-4,7-8H2,1-2H3. The maximum atomic E-state index is 12.3. The summed E-state index contributed by atoms with van der Waals surface area (Å²) in [6, 6.07) is 2.97. The molecule has 1 unspecified atom stereocenters. The molecule has 1 rings (SSSR count). The maximum Gasteiger partial charge on any atom is 0.417 e. The third kappa shape index (κ3) is 6.29. The molecule has 0 amide bonds. The van der Waals surface area contributed by atoms with Gasteiger partial charge in [-0.3, -0.25) is 0 Å². The van der Waals surface area contributed by atoms with E-state index in [2.05, 4.69) is 24.1 Å². The van der Waals surface area contributed by atoms with Crippen LogP contribution in [-0.2, 0) is 6.18 Å². The lowest BCUT2D eigenvalue weighted by Gasteiger charge is -2.12. The van der Waals surface area contributed by atoms with E-state index < -0.39 is 11.7 Å². The summed E-state index contributed by atoms with van der Waals surface area (Å²) in [6.07, 6.45) is -1.16. The molecular weight excluding hydrogens is 273 g/mol. The lowest BCUT2D eigenvalue weighted by atomic mass is 10.2. The Labute approximate surface area is 116 Å². The second-order valence-corrected chi connectivity index (χ2v) is 5.49. The van der Waals surface area contributed by atoms with Gasteiger partial charge in [0.2, 0.25) is 0 Å². The van der Waals surface area contributed by atoms with E-state index in [4.69, 9.17) is 0 Å². The van der Waals surface area contributed by atoms with Crippen LogP contribution in [0.2, 0.25) is 0 Å². The zero-order valence-corrected chi connectivity index (χ0v) is 11.9. The summed E-state index contributed by atoms with van der Waals surface area (Å²) in [5, 5.41) is 3.98. The fourth-order valence-electron chi connectivity index (χ4n) is 1.63. The van der Waals surface area contributed by atoms with Crippen molar-refractivity contribution < 1.29 is 13.2 Å². The van der Waals surface area contributed by atoms with E-state index in [0.717, 1.165) is 37.4 Å². The predicted octanol–water partition coefficient (Wildman–Crippen LogP) is 3.97. The van der Waals surface area contributed by atoms with Crippen LogP contribution in [0.4, 0.5) is 13.2 Å². The lowest BCUT2D eigenvalue weighted by Crippen LogP contribution is -2.27. The first-order valence-electron chi connectivity index (χ1n) is 6.33. The van der Waals surface area contributed by atoms with Gasteiger partial charge in [0.15, 0.2) is 0 Å². The van der Waals surface area contributed by atoms with Crippen LogP contribution in [0.5, 0.6) is 0 Å². The van der Waals surface area contributed by atoms with Crippen LogP contribution in [0, 0.1) is 0 Å². The third-order valence-electron chi connectivity index (χ3n) is 2.63. The highest BCUT2D eigenvalue weighted by molar-refractivity contribution is 7.99. The maximum absolute atomic E-state index is 12.3. The molecule has 1 aromatic rings. The molecule has 1 N–H and O–H groups in total. The summed E-state index contributed by atoms with van der Waals surface area (Å²) in [5.41, 5.74) is -0.702. The third-order valence-corrected chi connectivity index (χ3v) is 3.58. The topological polar surface area (TPSA) is 24.9 Å². The van der Waals surface area contributed by atoms with Crippen molar-refractivity contribution in [3.63, 3.8) is 0 Å². The number of thioether (sulfide) groups is 1. The Kier molecular flexibility index (Phi) is 6.65. The van der Waals surface area contributed by atoms with Crippen molar-refractivity contribution in [3.05, 3.63) is 23.9 Å². The Bertz CT molecular complexity index is 365. The molecule has 0 spiro atoms. The zero-order chi connectivity index (χ0) is 14.3. The number of nitrogens with one attached hydrogen (secondary N) is 1. The van der Waals surface area contributed by atoms with Gasteiger partial charge in [0.25, 0.3) is 0 Å². The highest BCUT2D eigenvalue weighted by Crippen LogP contribution is 2.29. The molecule has 0 aliphatic heterocycles. The minimum Gasteiger partial charge on any atom is -0.313 e. The summed E-state index contributed by atoms with van der Waals surface area (Å²) < 4.78 is 37.0. The molecule has 1 aromatic heterocycles. The average molecular weight is 292 g/mol. The van der Waals surface area contributed by atoms with Crippen LogP contribution in [-0.4, -0.2) is 23.3 Å². The summed E-state index contributed by atoms with van der Waals surface area (Å²) in [5.74, 6) is 0.798. The second-order valence-electron chi connectivity index (χ2n) is 4.38. The number of hydrogen-bond acceptors (Lipinski definition) is 3. The van der Waals surface area contributed by atoms with Gasteiger partial charge < -0.3 is 5.32 Å². The minimum absolute atomic E-state index is 0.478. The molecule has 0 fully saturated rings. The lowest BCUT2D eigenvalue weighted by molar-refractivity contribution is -0.137. The highest BCUT2D eigenvalue weighted by atomic mass is 32.2. The quantitative estimate of drug-likeness (QED) is 0.608. The van der Waals surface area contributed by atoms with Gasteiger partial charge in [-0.2, -0.15) is 13.2 Å². The Hall–Kier alpha value is -0.750. The van der Waals surface area contributed by atoms with Crippen LogP contribution in [0.1, 0.15) is 32.3 Å². The largest absolute Gasteiger partial charge is 0.417 e. The highest BCUT2D eigenvalue weighted by Gasteiger charge is 2.30. The molecule has 19 heavy (non-hydrogen) atoms. The van der Waals surface area contributed by atoms with Crippen molar-refractivity contribution >= 4 is 11.8 Å². The van der Waals surface area contributed by atoms with Gasteiger partial charge in [0, 0.05) is 24.5 Å². The number of alkyl halides is 3. The average Bonchev–Trinajstić information content (AvgIpc) is 2.34. The number of rotatable bonds is 7. The van der Waals surface area contributed by atoms with Crippen molar-refractivity contribution in [1.82, 2.24) is 10.3 Å². The Morgan fingerprint density at radius 1 is 1.37 bits per heavy atom. The van der Waals surface area contributed by atoms with Gasteiger partial charge in [0.1, 0.15) is 0 Å². The van der Waals surface area contributed by atoms with Gasteiger partial charge in [-0.05, 0) is 25.5 Å². The van der Waals surface area contributed by atoms with Crippen molar-refractivity contribution in [3.8, 4) is 0 Å². The van der Waals surface area contributed by atoms with E-state index in [1.165, 1.54) is 17.8 Å². The monoisotopic (exact) mass is 292 g/mol. The van der Waals surface area contributed by atoms with E-state index in [1.54, 1.807) is 0 Å². The normalized spacial score (nSPS) is 13.5. The second kappa shape index (κ2) is 7.75. The number of nitrogens with zero attached hydrogens (tertiary/aromatic N) is 1. The number of pyridine rings is 1. The van der Waals surface area contributed by atoms with Crippen LogP contribution >= 0.6 is 11.8 Å². The molecule has 0 saturated carbocycles. The molecule has 1 atom stereocenters. The van der Waals surface area contributed by atoms with Gasteiger partial charge in [0.05, 0.1) is 10.6 Å². The number of aromatic nitrogens is 1. The molecule has 0 saturated heterocycles. The molecule has 108 valence electrons. The van der Waals surface area contributed by atoms with Gasteiger partial charge >= 0.3 is 6.18 Å². The summed E-state index contributed by atoms with van der Waals surface area (Å²) >= 11 is 1.46. The SMILES string of the molecule is CCCC(C)NCCSc1ccc(C(F)(F)F)cn1. The minimum atomic E-state index is -4.31. The Morgan fingerprint density at radius 3 is 2.63 bits per heavy atom. The van der Waals surface area contributed by atoms with Gasteiger partial charge in [-0.25, -0.2) is 4.98 Å². The molecule has 2 nitrogen and oxygen atoms in total. The van der Waals surface area contributed by atoms with E-state index >= 15 is 0 Å². The fraction of sp³-hybridized carbons (Fsp3) is 0.615. The first-order chi connectivity index (χ1) is 8.93. The van der Waals surface area contributed by atoms with E-state index in [1.807, 2.05) is 0 Å². The summed E-state index contributed by atoms with van der Waals surface area (Å²) in [4.78, 5) is 3.81. The molecule has 0 aromatic carbocycles.